The van der Waals surface area contributed by atoms with Crippen LogP contribution in [-0.4, -0.2) is 50.8 Å². The summed E-state index contributed by atoms with van der Waals surface area (Å²) in [4.78, 5) is 0. The number of benzene rings is 1. The van der Waals surface area contributed by atoms with Crippen molar-refractivity contribution in [2.24, 2.45) is 0 Å². The molecule has 1 aliphatic heterocycles. The molecule has 7 heteroatoms. The molecule has 1 aromatic rings. The lowest BCUT2D eigenvalue weighted by atomic mass is 10.3. The Morgan fingerprint density at radius 2 is 2.20 bits per heavy atom. The van der Waals surface area contributed by atoms with E-state index in [9.17, 15) is 12.8 Å². The Kier molecular flexibility index (Phi) is 4.95. The van der Waals surface area contributed by atoms with Crippen LogP contribution in [0.5, 0.6) is 5.75 Å². The standard InChI is InChI=1S/C13H19FN2O3S/c1-11-10-15-6-7-16(11)20(17,18)9-8-19-13-5-3-2-4-12(13)14/h2-5,11,15H,6-10H2,1H3/t11-/m0/s1. The SMILES string of the molecule is C[C@H]1CNCCN1S(=O)(=O)CCOc1ccccc1F. The molecular formula is C13H19FN2O3S. The number of piperazine rings is 1. The third kappa shape index (κ3) is 3.68. The van der Waals surface area contributed by atoms with Gasteiger partial charge in [-0.3, -0.25) is 0 Å². The molecule has 1 atom stereocenters. The van der Waals surface area contributed by atoms with Crippen molar-refractivity contribution in [1.82, 2.24) is 9.62 Å². The highest BCUT2D eigenvalue weighted by molar-refractivity contribution is 7.89. The van der Waals surface area contributed by atoms with E-state index in [1.54, 1.807) is 12.1 Å². The van der Waals surface area contributed by atoms with Gasteiger partial charge in [0.25, 0.3) is 0 Å². The molecule has 0 amide bonds. The van der Waals surface area contributed by atoms with Gasteiger partial charge in [0.2, 0.25) is 10.0 Å². The van der Waals surface area contributed by atoms with E-state index < -0.39 is 15.8 Å². The normalized spacial score (nSPS) is 20.8. The van der Waals surface area contributed by atoms with Crippen LogP contribution in [0.3, 0.4) is 0 Å². The summed E-state index contributed by atoms with van der Waals surface area (Å²) in [5, 5.41) is 3.14. The van der Waals surface area contributed by atoms with Crippen molar-refractivity contribution in [1.29, 1.82) is 0 Å². The predicted molar refractivity (Wildman–Crippen MR) is 74.7 cm³/mol. The number of rotatable bonds is 5. The van der Waals surface area contributed by atoms with Crippen molar-refractivity contribution in [3.63, 3.8) is 0 Å². The molecule has 0 saturated carbocycles. The summed E-state index contributed by atoms with van der Waals surface area (Å²) in [5.74, 6) is -0.553. The quantitative estimate of drug-likeness (QED) is 0.875. The molecule has 1 aliphatic rings. The highest BCUT2D eigenvalue weighted by atomic mass is 32.2. The fourth-order valence-electron chi connectivity index (χ4n) is 2.17. The second-order valence-electron chi connectivity index (χ2n) is 4.76. The zero-order chi connectivity index (χ0) is 14.6. The number of hydrogen-bond donors (Lipinski definition) is 1. The minimum absolute atomic E-state index is 0.0556. The molecule has 5 nitrogen and oxygen atoms in total. The Morgan fingerprint density at radius 3 is 2.90 bits per heavy atom. The fraction of sp³-hybridized carbons (Fsp3) is 0.538. The molecule has 1 heterocycles. The first-order valence-electron chi connectivity index (χ1n) is 6.58. The van der Waals surface area contributed by atoms with Gasteiger partial charge in [0.1, 0.15) is 6.61 Å². The number of nitrogens with one attached hydrogen (secondary N) is 1. The number of halogens is 1. The topological polar surface area (TPSA) is 58.6 Å². The van der Waals surface area contributed by atoms with Gasteiger partial charge in [-0.25, -0.2) is 12.8 Å². The number of ether oxygens (including phenoxy) is 1. The van der Waals surface area contributed by atoms with Crippen molar-refractivity contribution in [2.75, 3.05) is 32.0 Å². The highest BCUT2D eigenvalue weighted by Gasteiger charge is 2.29. The van der Waals surface area contributed by atoms with E-state index in [1.807, 2.05) is 6.92 Å². The van der Waals surface area contributed by atoms with Crippen molar-refractivity contribution in [3.8, 4) is 5.75 Å². The van der Waals surface area contributed by atoms with E-state index in [0.717, 1.165) is 0 Å². The first kappa shape index (κ1) is 15.2. The molecule has 1 N–H and O–H groups in total. The average Bonchev–Trinajstić information content (AvgIpc) is 2.41. The van der Waals surface area contributed by atoms with Gasteiger partial charge in [-0.2, -0.15) is 4.31 Å². The second-order valence-corrected chi connectivity index (χ2v) is 6.80. The number of hydrogen-bond acceptors (Lipinski definition) is 4. The monoisotopic (exact) mass is 302 g/mol. The van der Waals surface area contributed by atoms with E-state index in [1.165, 1.54) is 16.4 Å². The van der Waals surface area contributed by atoms with E-state index >= 15 is 0 Å². The maximum Gasteiger partial charge on any atom is 0.217 e. The number of para-hydroxylation sites is 1. The fourth-order valence-corrected chi connectivity index (χ4v) is 3.69. The van der Waals surface area contributed by atoms with Crippen LogP contribution >= 0.6 is 0 Å². The van der Waals surface area contributed by atoms with Crippen LogP contribution < -0.4 is 10.1 Å². The van der Waals surface area contributed by atoms with Crippen LogP contribution in [0.15, 0.2) is 24.3 Å². The number of sulfonamides is 1. The Labute approximate surface area is 118 Å². The number of nitrogens with zero attached hydrogens (tertiary/aromatic N) is 1. The lowest BCUT2D eigenvalue weighted by Gasteiger charge is -2.32. The summed E-state index contributed by atoms with van der Waals surface area (Å²) in [6, 6.07) is 5.90. The predicted octanol–water partition coefficient (Wildman–Crippen LogP) is 0.828. The van der Waals surface area contributed by atoms with Crippen molar-refractivity contribution >= 4 is 10.0 Å². The van der Waals surface area contributed by atoms with Crippen LogP contribution in [-0.2, 0) is 10.0 Å². The third-order valence-electron chi connectivity index (χ3n) is 3.23. The smallest absolute Gasteiger partial charge is 0.217 e. The molecule has 0 unspecified atom stereocenters. The highest BCUT2D eigenvalue weighted by Crippen LogP contribution is 2.16. The molecule has 0 radical (unpaired) electrons. The van der Waals surface area contributed by atoms with E-state index in [-0.39, 0.29) is 24.2 Å². The molecule has 1 fully saturated rings. The lowest BCUT2D eigenvalue weighted by molar-refractivity contribution is 0.276. The minimum Gasteiger partial charge on any atom is -0.489 e. The van der Waals surface area contributed by atoms with Crippen molar-refractivity contribution in [3.05, 3.63) is 30.1 Å². The van der Waals surface area contributed by atoms with Crippen LogP contribution in [0.25, 0.3) is 0 Å². The second kappa shape index (κ2) is 6.51. The van der Waals surface area contributed by atoms with Gasteiger partial charge in [0.05, 0.1) is 5.75 Å². The van der Waals surface area contributed by atoms with Crippen LogP contribution in [0.1, 0.15) is 6.92 Å². The zero-order valence-corrected chi connectivity index (χ0v) is 12.2. The van der Waals surface area contributed by atoms with Gasteiger partial charge < -0.3 is 10.1 Å². The summed E-state index contributed by atoms with van der Waals surface area (Å²) in [5.41, 5.74) is 0. The van der Waals surface area contributed by atoms with Gasteiger partial charge in [-0.1, -0.05) is 12.1 Å². The lowest BCUT2D eigenvalue weighted by Crippen LogP contribution is -2.53. The maximum atomic E-state index is 13.3. The first-order valence-corrected chi connectivity index (χ1v) is 8.19. The van der Waals surface area contributed by atoms with E-state index in [0.29, 0.717) is 19.6 Å². The molecule has 0 aliphatic carbocycles. The van der Waals surface area contributed by atoms with Gasteiger partial charge in [-0.05, 0) is 19.1 Å². The first-order chi connectivity index (χ1) is 9.50. The van der Waals surface area contributed by atoms with Crippen LogP contribution in [0.2, 0.25) is 0 Å². The zero-order valence-electron chi connectivity index (χ0n) is 11.4. The maximum absolute atomic E-state index is 13.3. The average molecular weight is 302 g/mol. The molecule has 1 aromatic carbocycles. The molecule has 0 spiro atoms. The van der Waals surface area contributed by atoms with Crippen LogP contribution in [0.4, 0.5) is 4.39 Å². The van der Waals surface area contributed by atoms with E-state index in [4.69, 9.17) is 4.74 Å². The Bertz CT molecular complexity index is 550. The van der Waals surface area contributed by atoms with Crippen molar-refractivity contribution in [2.45, 2.75) is 13.0 Å². The molecule has 1 saturated heterocycles. The molecule has 0 aromatic heterocycles. The van der Waals surface area contributed by atoms with Gasteiger partial charge >= 0.3 is 0 Å². The summed E-state index contributed by atoms with van der Waals surface area (Å²) in [7, 11) is -3.37. The van der Waals surface area contributed by atoms with Gasteiger partial charge in [-0.15, -0.1) is 0 Å². The van der Waals surface area contributed by atoms with Crippen molar-refractivity contribution < 1.29 is 17.5 Å². The molecule has 2 rings (SSSR count). The largest absolute Gasteiger partial charge is 0.489 e. The van der Waals surface area contributed by atoms with Gasteiger partial charge in [0, 0.05) is 25.7 Å². The molecule has 112 valence electrons. The Morgan fingerprint density at radius 1 is 1.45 bits per heavy atom. The molecular weight excluding hydrogens is 283 g/mol. The van der Waals surface area contributed by atoms with E-state index in [2.05, 4.69) is 5.32 Å². The van der Waals surface area contributed by atoms with Gasteiger partial charge in [0.15, 0.2) is 11.6 Å². The minimum atomic E-state index is -3.37. The van der Waals surface area contributed by atoms with Crippen LogP contribution in [0, 0.1) is 5.82 Å². The molecule has 20 heavy (non-hydrogen) atoms. The molecule has 0 bridgehead atoms. The summed E-state index contributed by atoms with van der Waals surface area (Å²) < 4.78 is 44.4. The Hall–Kier alpha value is -1.18. The summed E-state index contributed by atoms with van der Waals surface area (Å²) >= 11 is 0. The Balaban J connectivity index is 1.91. The summed E-state index contributed by atoms with van der Waals surface area (Å²) in [6.07, 6.45) is 0. The summed E-state index contributed by atoms with van der Waals surface area (Å²) in [6.45, 7) is 3.57. The third-order valence-corrected chi connectivity index (χ3v) is 5.17.